The number of nitrogens with one attached hydrogen (secondary N) is 1. The van der Waals surface area contributed by atoms with Crippen molar-refractivity contribution in [3.63, 3.8) is 0 Å². The zero-order valence-electron chi connectivity index (χ0n) is 8.90. The van der Waals surface area contributed by atoms with Crippen molar-refractivity contribution in [3.05, 3.63) is 23.9 Å². The van der Waals surface area contributed by atoms with Crippen molar-refractivity contribution in [2.45, 2.75) is 12.5 Å². The maximum absolute atomic E-state index is 5.62. The molecule has 0 saturated carbocycles. The molecule has 0 spiro atoms. The van der Waals surface area contributed by atoms with Crippen LogP contribution in [-0.2, 0) is 11.2 Å². The lowest BCUT2D eigenvalue weighted by Gasteiger charge is -2.23. The van der Waals surface area contributed by atoms with E-state index in [0.717, 1.165) is 26.1 Å². The van der Waals surface area contributed by atoms with Crippen molar-refractivity contribution in [2.75, 3.05) is 26.8 Å². The summed E-state index contributed by atoms with van der Waals surface area (Å²) in [5.41, 5.74) is 1.18. The van der Waals surface area contributed by atoms with Crippen LogP contribution < -0.4 is 10.1 Å². The van der Waals surface area contributed by atoms with Crippen LogP contribution in [0.25, 0.3) is 0 Å². The number of aromatic nitrogens is 1. The fraction of sp³-hybridized carbons (Fsp3) is 0.545. The van der Waals surface area contributed by atoms with Gasteiger partial charge in [0.2, 0.25) is 5.88 Å². The van der Waals surface area contributed by atoms with E-state index in [4.69, 9.17) is 9.47 Å². The van der Waals surface area contributed by atoms with Gasteiger partial charge in [-0.25, -0.2) is 4.98 Å². The summed E-state index contributed by atoms with van der Waals surface area (Å²) in [5, 5.41) is 3.31. The lowest BCUT2D eigenvalue weighted by atomic mass is 10.1. The minimum absolute atomic E-state index is 0.272. The third kappa shape index (κ3) is 2.91. The van der Waals surface area contributed by atoms with Crippen LogP contribution in [0.2, 0.25) is 0 Å². The maximum Gasteiger partial charge on any atom is 0.212 e. The molecular weight excluding hydrogens is 192 g/mol. The first-order valence-electron chi connectivity index (χ1n) is 5.20. The van der Waals surface area contributed by atoms with E-state index in [0.29, 0.717) is 5.88 Å². The van der Waals surface area contributed by atoms with Crippen molar-refractivity contribution in [2.24, 2.45) is 0 Å². The Morgan fingerprint density at radius 3 is 3.13 bits per heavy atom. The highest BCUT2D eigenvalue weighted by molar-refractivity contribution is 5.18. The van der Waals surface area contributed by atoms with Gasteiger partial charge in [0, 0.05) is 31.8 Å². The Morgan fingerprint density at radius 1 is 1.60 bits per heavy atom. The average Bonchev–Trinajstić information content (AvgIpc) is 2.31. The van der Waals surface area contributed by atoms with Crippen LogP contribution in [0, 0.1) is 0 Å². The summed E-state index contributed by atoms with van der Waals surface area (Å²) in [6, 6.07) is 3.91. The van der Waals surface area contributed by atoms with E-state index in [-0.39, 0.29) is 6.10 Å². The number of rotatable bonds is 3. The molecular formula is C11H16N2O2. The van der Waals surface area contributed by atoms with Crippen LogP contribution in [0.1, 0.15) is 5.56 Å². The summed E-state index contributed by atoms with van der Waals surface area (Å²) in [6.45, 7) is 2.68. The van der Waals surface area contributed by atoms with Crippen LogP contribution in [-0.4, -0.2) is 37.9 Å². The Balaban J connectivity index is 1.91. The SMILES string of the molecule is COc1ccc(C[C@@H]2CNCCO2)cn1. The van der Waals surface area contributed by atoms with Gasteiger partial charge >= 0.3 is 0 Å². The van der Waals surface area contributed by atoms with E-state index in [2.05, 4.69) is 10.3 Å². The third-order valence-corrected chi connectivity index (χ3v) is 2.47. The van der Waals surface area contributed by atoms with Crippen molar-refractivity contribution >= 4 is 0 Å². The lowest BCUT2D eigenvalue weighted by Crippen LogP contribution is -2.39. The Kier molecular flexibility index (Phi) is 3.53. The summed E-state index contributed by atoms with van der Waals surface area (Å²) >= 11 is 0. The second-order valence-corrected chi connectivity index (χ2v) is 3.61. The predicted octanol–water partition coefficient (Wildman–Crippen LogP) is 0.621. The molecule has 1 aliphatic heterocycles. The highest BCUT2D eigenvalue weighted by Crippen LogP contribution is 2.10. The molecule has 0 aromatic carbocycles. The summed E-state index contributed by atoms with van der Waals surface area (Å²) in [5.74, 6) is 0.654. The Hall–Kier alpha value is -1.13. The number of hydrogen-bond donors (Lipinski definition) is 1. The first kappa shape index (κ1) is 10.4. The Labute approximate surface area is 89.6 Å². The van der Waals surface area contributed by atoms with Gasteiger partial charge in [0.1, 0.15) is 0 Å². The number of nitrogens with zero attached hydrogens (tertiary/aromatic N) is 1. The van der Waals surface area contributed by atoms with Crippen molar-refractivity contribution in [3.8, 4) is 5.88 Å². The van der Waals surface area contributed by atoms with E-state index < -0.39 is 0 Å². The van der Waals surface area contributed by atoms with E-state index in [1.54, 1.807) is 7.11 Å². The monoisotopic (exact) mass is 208 g/mol. The third-order valence-electron chi connectivity index (χ3n) is 2.47. The van der Waals surface area contributed by atoms with Crippen molar-refractivity contribution in [1.82, 2.24) is 10.3 Å². The molecule has 0 radical (unpaired) electrons. The number of ether oxygens (including phenoxy) is 2. The molecule has 1 N–H and O–H groups in total. The number of pyridine rings is 1. The van der Waals surface area contributed by atoms with E-state index in [9.17, 15) is 0 Å². The summed E-state index contributed by atoms with van der Waals surface area (Å²) in [7, 11) is 1.62. The molecule has 0 aliphatic carbocycles. The van der Waals surface area contributed by atoms with Crippen LogP contribution in [0.15, 0.2) is 18.3 Å². The van der Waals surface area contributed by atoms with Gasteiger partial charge in [0.25, 0.3) is 0 Å². The zero-order valence-corrected chi connectivity index (χ0v) is 8.90. The topological polar surface area (TPSA) is 43.4 Å². The fourth-order valence-electron chi connectivity index (χ4n) is 1.67. The van der Waals surface area contributed by atoms with E-state index >= 15 is 0 Å². The maximum atomic E-state index is 5.62. The second kappa shape index (κ2) is 5.09. The van der Waals surface area contributed by atoms with Gasteiger partial charge in [0.15, 0.2) is 0 Å². The van der Waals surface area contributed by atoms with Gasteiger partial charge in [-0.15, -0.1) is 0 Å². The summed E-state index contributed by atoms with van der Waals surface area (Å²) in [6.07, 6.45) is 3.02. The molecule has 82 valence electrons. The minimum Gasteiger partial charge on any atom is -0.481 e. The van der Waals surface area contributed by atoms with Gasteiger partial charge < -0.3 is 14.8 Å². The lowest BCUT2D eigenvalue weighted by molar-refractivity contribution is 0.0292. The van der Waals surface area contributed by atoms with Crippen molar-refractivity contribution < 1.29 is 9.47 Å². The number of methoxy groups -OCH3 is 1. The van der Waals surface area contributed by atoms with E-state index in [1.807, 2.05) is 18.3 Å². The predicted molar refractivity (Wildman–Crippen MR) is 57.1 cm³/mol. The fourth-order valence-corrected chi connectivity index (χ4v) is 1.67. The minimum atomic E-state index is 0.272. The molecule has 2 heterocycles. The quantitative estimate of drug-likeness (QED) is 0.791. The Bertz CT molecular complexity index is 294. The van der Waals surface area contributed by atoms with Crippen molar-refractivity contribution in [1.29, 1.82) is 0 Å². The molecule has 2 rings (SSSR count). The molecule has 0 unspecified atom stereocenters. The number of morpholine rings is 1. The molecule has 1 saturated heterocycles. The van der Waals surface area contributed by atoms with Crippen LogP contribution in [0.5, 0.6) is 5.88 Å². The van der Waals surface area contributed by atoms with Gasteiger partial charge in [-0.3, -0.25) is 0 Å². The molecule has 0 bridgehead atoms. The molecule has 1 aliphatic rings. The largest absolute Gasteiger partial charge is 0.481 e. The Morgan fingerprint density at radius 2 is 2.53 bits per heavy atom. The van der Waals surface area contributed by atoms with Gasteiger partial charge in [-0.05, 0) is 5.56 Å². The first-order chi connectivity index (χ1) is 7.38. The van der Waals surface area contributed by atoms with Crippen LogP contribution >= 0.6 is 0 Å². The number of hydrogen-bond acceptors (Lipinski definition) is 4. The zero-order chi connectivity index (χ0) is 10.5. The normalized spacial score (nSPS) is 21.3. The smallest absolute Gasteiger partial charge is 0.212 e. The van der Waals surface area contributed by atoms with E-state index in [1.165, 1.54) is 5.56 Å². The molecule has 0 amide bonds. The van der Waals surface area contributed by atoms with Gasteiger partial charge in [-0.2, -0.15) is 0 Å². The molecule has 4 heteroatoms. The highest BCUT2D eigenvalue weighted by Gasteiger charge is 2.13. The summed E-state index contributed by atoms with van der Waals surface area (Å²) in [4.78, 5) is 4.16. The molecule has 1 aromatic heterocycles. The standard InChI is InChI=1S/C11H16N2O2/c1-14-11-3-2-9(7-13-11)6-10-8-12-4-5-15-10/h2-3,7,10,12H,4-6,8H2,1H3/t10-/m1/s1. The van der Waals surface area contributed by atoms with Crippen LogP contribution in [0.4, 0.5) is 0 Å². The van der Waals surface area contributed by atoms with Gasteiger partial charge in [-0.1, -0.05) is 6.07 Å². The summed E-state index contributed by atoms with van der Waals surface area (Å²) < 4.78 is 10.6. The first-order valence-corrected chi connectivity index (χ1v) is 5.20. The highest BCUT2D eigenvalue weighted by atomic mass is 16.5. The molecule has 1 fully saturated rings. The molecule has 4 nitrogen and oxygen atoms in total. The average molecular weight is 208 g/mol. The van der Waals surface area contributed by atoms with Crippen LogP contribution in [0.3, 0.4) is 0 Å². The molecule has 1 atom stereocenters. The second-order valence-electron chi connectivity index (χ2n) is 3.61. The molecule has 15 heavy (non-hydrogen) atoms. The van der Waals surface area contributed by atoms with Gasteiger partial charge in [0.05, 0.1) is 19.8 Å². The molecule has 1 aromatic rings.